The molecule has 1 aromatic heterocycles. The molecule has 2 aromatic carbocycles. The summed E-state index contributed by atoms with van der Waals surface area (Å²) in [5.74, 6) is -0.465. The molecule has 1 saturated carbocycles. The number of amides is 1. The third-order valence-corrected chi connectivity index (χ3v) is 8.42. The van der Waals surface area contributed by atoms with Crippen LogP contribution < -0.4 is 15.5 Å². The van der Waals surface area contributed by atoms with Gasteiger partial charge in [0.2, 0.25) is 11.9 Å². The third-order valence-electron chi connectivity index (χ3n) is 7.79. The minimum absolute atomic E-state index is 0.0475. The van der Waals surface area contributed by atoms with E-state index in [1.165, 1.54) is 0 Å². The van der Waals surface area contributed by atoms with Crippen molar-refractivity contribution in [1.82, 2.24) is 19.8 Å². The molecule has 0 unspecified atom stereocenters. The molecule has 2 heterocycles. The lowest BCUT2D eigenvalue weighted by Gasteiger charge is -2.38. The SMILES string of the molecule is CC(C)N1CCN(c2cc3c(cc2Cl)nc(Nc2cc(CNC(=O)C4(C(F)(F)F)CC4)ccc2Cl)n3C)CC1. The van der Waals surface area contributed by atoms with Gasteiger partial charge >= 0.3 is 6.18 Å². The molecular weight excluding hydrogens is 552 g/mol. The molecule has 5 rings (SSSR count). The number of aromatic nitrogens is 2. The first-order valence-electron chi connectivity index (χ1n) is 12.9. The molecule has 0 radical (unpaired) electrons. The van der Waals surface area contributed by atoms with E-state index >= 15 is 0 Å². The molecule has 39 heavy (non-hydrogen) atoms. The molecule has 7 nitrogen and oxygen atoms in total. The van der Waals surface area contributed by atoms with Crippen molar-refractivity contribution in [2.45, 2.75) is 45.5 Å². The Bertz CT molecular complexity index is 1390. The number of fused-ring (bicyclic) bond motifs is 1. The molecule has 0 bridgehead atoms. The Labute approximate surface area is 235 Å². The number of imidazole rings is 1. The van der Waals surface area contributed by atoms with E-state index in [4.69, 9.17) is 23.2 Å². The van der Waals surface area contributed by atoms with Gasteiger partial charge in [0.15, 0.2) is 0 Å². The lowest BCUT2D eigenvalue weighted by atomic mass is 10.1. The standard InChI is InChI=1S/C27H31Cl2F3N6O/c1-16(2)37-8-10-38(11-9-37)22-14-23-21(13-19(22)29)35-25(36(23)3)34-20-12-17(4-5-18(20)28)15-33-24(39)26(6-7-26)27(30,31)32/h4-5,12-14,16H,6-11,15H2,1-3H3,(H,33,39)(H,34,35). The van der Waals surface area contributed by atoms with Crippen molar-refractivity contribution in [1.29, 1.82) is 0 Å². The van der Waals surface area contributed by atoms with Crippen LogP contribution in [0.15, 0.2) is 30.3 Å². The first-order valence-corrected chi connectivity index (χ1v) is 13.7. The third kappa shape index (κ3) is 5.38. The summed E-state index contributed by atoms with van der Waals surface area (Å²) in [7, 11) is 1.89. The molecule has 1 amide bonds. The second-order valence-electron chi connectivity index (χ2n) is 10.6. The second-order valence-corrected chi connectivity index (χ2v) is 11.4. The summed E-state index contributed by atoms with van der Waals surface area (Å²) >= 11 is 13.1. The van der Waals surface area contributed by atoms with E-state index in [-0.39, 0.29) is 19.4 Å². The van der Waals surface area contributed by atoms with Gasteiger partial charge in [0.05, 0.1) is 32.5 Å². The van der Waals surface area contributed by atoms with Crippen LogP contribution in [-0.2, 0) is 18.4 Å². The summed E-state index contributed by atoms with van der Waals surface area (Å²) in [6.45, 7) is 8.06. The Kier molecular flexibility index (Phi) is 7.41. The lowest BCUT2D eigenvalue weighted by Crippen LogP contribution is -2.49. The van der Waals surface area contributed by atoms with Crippen molar-refractivity contribution < 1.29 is 18.0 Å². The van der Waals surface area contributed by atoms with Crippen molar-refractivity contribution in [3.63, 3.8) is 0 Å². The monoisotopic (exact) mass is 582 g/mol. The molecular formula is C27H31Cl2F3N6O. The molecule has 210 valence electrons. The molecule has 1 aliphatic carbocycles. The number of carbonyl (C=O) groups excluding carboxylic acids is 1. The molecule has 1 aliphatic heterocycles. The number of hydrogen-bond donors (Lipinski definition) is 2. The van der Waals surface area contributed by atoms with E-state index in [0.29, 0.717) is 33.3 Å². The summed E-state index contributed by atoms with van der Waals surface area (Å²) in [6.07, 6.45) is -4.90. The van der Waals surface area contributed by atoms with Crippen molar-refractivity contribution >= 4 is 57.5 Å². The van der Waals surface area contributed by atoms with Crippen molar-refractivity contribution in [2.75, 3.05) is 36.4 Å². The molecule has 12 heteroatoms. The Morgan fingerprint density at radius 2 is 1.77 bits per heavy atom. The summed E-state index contributed by atoms with van der Waals surface area (Å²) in [5.41, 5.74) is 1.45. The molecule has 0 spiro atoms. The average Bonchev–Trinajstić information content (AvgIpc) is 3.66. The Morgan fingerprint density at radius 3 is 2.38 bits per heavy atom. The van der Waals surface area contributed by atoms with Gasteiger partial charge in [-0.1, -0.05) is 29.3 Å². The zero-order valence-corrected chi connectivity index (χ0v) is 23.5. The molecule has 3 aromatic rings. The fraction of sp³-hybridized carbons (Fsp3) is 0.481. The molecule has 2 N–H and O–H groups in total. The molecule has 2 fully saturated rings. The smallest absolute Gasteiger partial charge is 0.368 e. The largest absolute Gasteiger partial charge is 0.403 e. The summed E-state index contributed by atoms with van der Waals surface area (Å²) < 4.78 is 41.6. The topological polar surface area (TPSA) is 65.4 Å². The summed E-state index contributed by atoms with van der Waals surface area (Å²) in [4.78, 5) is 21.7. The maximum Gasteiger partial charge on any atom is 0.403 e. The number of rotatable bonds is 7. The van der Waals surface area contributed by atoms with Gasteiger partial charge < -0.3 is 20.1 Å². The number of aryl methyl sites for hydroxylation is 1. The van der Waals surface area contributed by atoms with E-state index in [1.54, 1.807) is 18.2 Å². The predicted molar refractivity (Wildman–Crippen MR) is 149 cm³/mol. The van der Waals surface area contributed by atoms with Crippen LogP contribution in [0.25, 0.3) is 11.0 Å². The second kappa shape index (κ2) is 10.4. The van der Waals surface area contributed by atoms with Crippen molar-refractivity contribution in [3.8, 4) is 0 Å². The highest BCUT2D eigenvalue weighted by atomic mass is 35.5. The van der Waals surface area contributed by atoms with Crippen molar-refractivity contribution in [2.24, 2.45) is 12.5 Å². The van der Waals surface area contributed by atoms with E-state index in [1.807, 2.05) is 23.7 Å². The first-order chi connectivity index (χ1) is 18.4. The van der Waals surface area contributed by atoms with Gasteiger partial charge in [0, 0.05) is 45.8 Å². The highest BCUT2D eigenvalue weighted by Crippen LogP contribution is 2.57. The van der Waals surface area contributed by atoms with Crippen LogP contribution in [0, 0.1) is 5.41 Å². The van der Waals surface area contributed by atoms with E-state index in [2.05, 4.69) is 39.3 Å². The van der Waals surface area contributed by atoms with Gasteiger partial charge in [-0.15, -0.1) is 0 Å². The number of piperazine rings is 1. The highest BCUT2D eigenvalue weighted by molar-refractivity contribution is 6.34. The van der Waals surface area contributed by atoms with Gasteiger partial charge in [-0.05, 0) is 56.5 Å². The number of carbonyl (C=O) groups is 1. The van der Waals surface area contributed by atoms with Crippen LogP contribution in [0.1, 0.15) is 32.3 Å². The molecule has 2 aliphatic rings. The maximum absolute atomic E-state index is 13.2. The normalized spacial score (nSPS) is 17.6. The van der Waals surface area contributed by atoms with Crippen LogP contribution in [0.3, 0.4) is 0 Å². The number of nitrogens with one attached hydrogen (secondary N) is 2. The average molecular weight is 583 g/mol. The Morgan fingerprint density at radius 1 is 1.08 bits per heavy atom. The molecule has 0 atom stereocenters. The Balaban J connectivity index is 1.32. The lowest BCUT2D eigenvalue weighted by molar-refractivity contribution is -0.192. The van der Waals surface area contributed by atoms with Gasteiger partial charge in [0.25, 0.3) is 0 Å². The number of anilines is 3. The summed E-state index contributed by atoms with van der Waals surface area (Å²) in [5, 5.41) is 6.70. The number of hydrogen-bond acceptors (Lipinski definition) is 5. The zero-order valence-electron chi connectivity index (χ0n) is 22.0. The van der Waals surface area contributed by atoms with E-state index < -0.39 is 17.5 Å². The molecule has 1 saturated heterocycles. The highest BCUT2D eigenvalue weighted by Gasteiger charge is 2.68. The van der Waals surface area contributed by atoms with Crippen LogP contribution in [0.5, 0.6) is 0 Å². The maximum atomic E-state index is 13.2. The van der Waals surface area contributed by atoms with Gasteiger partial charge in [-0.25, -0.2) is 4.98 Å². The minimum Gasteiger partial charge on any atom is -0.368 e. The number of alkyl halides is 3. The van der Waals surface area contributed by atoms with Gasteiger partial charge in [0.1, 0.15) is 5.41 Å². The fourth-order valence-corrected chi connectivity index (χ4v) is 5.49. The predicted octanol–water partition coefficient (Wildman–Crippen LogP) is 6.11. The number of nitrogens with zero attached hydrogens (tertiary/aromatic N) is 4. The fourth-order valence-electron chi connectivity index (χ4n) is 5.05. The quantitative estimate of drug-likeness (QED) is 0.352. The van der Waals surface area contributed by atoms with Crippen LogP contribution in [-0.4, -0.2) is 58.8 Å². The summed E-state index contributed by atoms with van der Waals surface area (Å²) in [6, 6.07) is 9.41. The van der Waals surface area contributed by atoms with E-state index in [9.17, 15) is 18.0 Å². The van der Waals surface area contributed by atoms with Crippen LogP contribution in [0.4, 0.5) is 30.5 Å². The first kappa shape index (κ1) is 27.9. The van der Waals surface area contributed by atoms with Crippen molar-refractivity contribution in [3.05, 3.63) is 45.9 Å². The van der Waals surface area contributed by atoms with E-state index in [0.717, 1.165) is 42.9 Å². The minimum atomic E-state index is -4.55. The Hall–Kier alpha value is -2.69. The zero-order chi connectivity index (χ0) is 28.1. The number of benzene rings is 2. The van der Waals surface area contributed by atoms with Gasteiger partial charge in [-0.3, -0.25) is 9.69 Å². The number of halogens is 5. The van der Waals surface area contributed by atoms with Crippen LogP contribution in [0.2, 0.25) is 10.0 Å². The van der Waals surface area contributed by atoms with Gasteiger partial charge in [-0.2, -0.15) is 13.2 Å². The van der Waals surface area contributed by atoms with Crippen LogP contribution >= 0.6 is 23.2 Å².